The topological polar surface area (TPSA) is 78.8 Å². The lowest BCUT2D eigenvalue weighted by molar-refractivity contribution is -0.142. The summed E-state index contributed by atoms with van der Waals surface area (Å²) in [5, 5.41) is 0.0114. The molecule has 0 N–H and O–H groups in total. The molecule has 2 aliphatic rings. The first-order chi connectivity index (χ1) is 12.2. The van der Waals surface area contributed by atoms with Gasteiger partial charge in [0.15, 0.2) is 0 Å². The SMILES string of the molecule is CC(C)N1CCCC(N2CCN(S(=O)(=O)c3ncn(C)c3Cl)CC2)C1=O. The molecule has 1 aromatic heterocycles. The smallest absolute Gasteiger partial charge is 0.263 e. The van der Waals surface area contributed by atoms with Crippen molar-refractivity contribution in [3.05, 3.63) is 11.5 Å². The van der Waals surface area contributed by atoms with Gasteiger partial charge in [0.1, 0.15) is 5.15 Å². The lowest BCUT2D eigenvalue weighted by Gasteiger charge is -2.43. The van der Waals surface area contributed by atoms with Gasteiger partial charge in [-0.3, -0.25) is 9.69 Å². The predicted octanol–water partition coefficient (Wildman–Crippen LogP) is 0.779. The molecule has 1 atom stereocenters. The molecule has 0 bridgehead atoms. The number of aromatic nitrogens is 2. The number of halogens is 1. The monoisotopic (exact) mass is 403 g/mol. The van der Waals surface area contributed by atoms with Crippen molar-refractivity contribution < 1.29 is 13.2 Å². The maximum Gasteiger partial charge on any atom is 0.263 e. The Bertz CT molecular complexity index is 771. The fourth-order valence-corrected chi connectivity index (χ4v) is 5.49. The first kappa shape index (κ1) is 19.6. The Hall–Kier alpha value is -1.16. The van der Waals surface area contributed by atoms with Crippen molar-refractivity contribution >= 4 is 27.5 Å². The first-order valence-corrected chi connectivity index (χ1v) is 10.8. The van der Waals surface area contributed by atoms with Gasteiger partial charge >= 0.3 is 0 Å². The molecule has 1 amide bonds. The van der Waals surface area contributed by atoms with Gasteiger partial charge in [0.05, 0.1) is 12.4 Å². The van der Waals surface area contributed by atoms with E-state index in [0.29, 0.717) is 26.2 Å². The van der Waals surface area contributed by atoms with Crippen LogP contribution in [-0.4, -0.2) is 82.8 Å². The number of carbonyl (C=O) groups excluding carboxylic acids is 1. The molecule has 2 saturated heterocycles. The zero-order chi connectivity index (χ0) is 19.1. The number of rotatable bonds is 4. The van der Waals surface area contributed by atoms with Gasteiger partial charge in [-0.1, -0.05) is 11.6 Å². The summed E-state index contributed by atoms with van der Waals surface area (Å²) in [5.74, 6) is 0.162. The molecule has 2 fully saturated rings. The van der Waals surface area contributed by atoms with Crippen LogP contribution in [-0.2, 0) is 21.9 Å². The second-order valence-corrected chi connectivity index (χ2v) is 9.39. The molecule has 0 spiro atoms. The third kappa shape index (κ3) is 3.49. The molecule has 10 heteroatoms. The number of imidazole rings is 1. The van der Waals surface area contributed by atoms with E-state index in [9.17, 15) is 13.2 Å². The van der Waals surface area contributed by atoms with Gasteiger partial charge in [-0.25, -0.2) is 13.4 Å². The van der Waals surface area contributed by atoms with Crippen molar-refractivity contribution in [3.63, 3.8) is 0 Å². The van der Waals surface area contributed by atoms with Crippen LogP contribution in [0, 0.1) is 0 Å². The number of sulfonamides is 1. The number of amides is 1. The second-order valence-electron chi connectivity index (χ2n) is 7.17. The van der Waals surface area contributed by atoms with E-state index < -0.39 is 10.0 Å². The van der Waals surface area contributed by atoms with Crippen LogP contribution >= 0.6 is 11.6 Å². The van der Waals surface area contributed by atoms with Gasteiger partial charge in [0.25, 0.3) is 10.0 Å². The molecule has 0 aliphatic carbocycles. The van der Waals surface area contributed by atoms with E-state index in [2.05, 4.69) is 9.88 Å². The van der Waals surface area contributed by atoms with Crippen molar-refractivity contribution in [2.75, 3.05) is 32.7 Å². The molecule has 0 aromatic carbocycles. The quantitative estimate of drug-likeness (QED) is 0.742. The number of aryl methyl sites for hydroxylation is 1. The van der Waals surface area contributed by atoms with Crippen LogP contribution < -0.4 is 0 Å². The van der Waals surface area contributed by atoms with Gasteiger partial charge in [0, 0.05) is 45.8 Å². The Morgan fingerprint density at radius 3 is 2.38 bits per heavy atom. The highest BCUT2D eigenvalue weighted by molar-refractivity contribution is 7.89. The van der Waals surface area contributed by atoms with E-state index in [1.807, 2.05) is 18.7 Å². The molecule has 1 aromatic rings. The summed E-state index contributed by atoms with van der Waals surface area (Å²) in [6.07, 6.45) is 3.21. The Labute approximate surface area is 159 Å². The molecule has 2 aliphatic heterocycles. The largest absolute Gasteiger partial charge is 0.339 e. The highest BCUT2D eigenvalue weighted by atomic mass is 35.5. The molecule has 8 nitrogen and oxygen atoms in total. The lowest BCUT2D eigenvalue weighted by atomic mass is 10.0. The summed E-state index contributed by atoms with van der Waals surface area (Å²) in [6.45, 7) is 6.60. The average Bonchev–Trinajstić information content (AvgIpc) is 2.95. The molecular formula is C16H26ClN5O3S. The Morgan fingerprint density at radius 1 is 1.19 bits per heavy atom. The van der Waals surface area contributed by atoms with Crippen LogP contribution in [0.4, 0.5) is 0 Å². The van der Waals surface area contributed by atoms with E-state index in [1.54, 1.807) is 7.05 Å². The van der Waals surface area contributed by atoms with Crippen LogP contribution in [0.3, 0.4) is 0 Å². The van der Waals surface area contributed by atoms with E-state index in [-0.39, 0.29) is 28.2 Å². The van der Waals surface area contributed by atoms with E-state index in [0.717, 1.165) is 19.4 Å². The highest BCUT2D eigenvalue weighted by Gasteiger charge is 2.38. The summed E-state index contributed by atoms with van der Waals surface area (Å²) >= 11 is 6.06. The third-order valence-electron chi connectivity index (χ3n) is 5.20. The maximum absolute atomic E-state index is 12.8. The van der Waals surface area contributed by atoms with Crippen LogP contribution in [0.5, 0.6) is 0 Å². The Morgan fingerprint density at radius 2 is 1.85 bits per heavy atom. The van der Waals surface area contributed by atoms with Crippen LogP contribution in [0.25, 0.3) is 0 Å². The predicted molar refractivity (Wildman–Crippen MR) is 98.4 cm³/mol. The minimum absolute atomic E-state index is 0.102. The number of likely N-dealkylation sites (tertiary alicyclic amines) is 1. The van der Waals surface area contributed by atoms with Crippen molar-refractivity contribution in [2.24, 2.45) is 7.05 Å². The van der Waals surface area contributed by atoms with Gasteiger partial charge < -0.3 is 9.47 Å². The molecule has 146 valence electrons. The minimum Gasteiger partial charge on any atom is -0.339 e. The maximum atomic E-state index is 12.8. The Balaban J connectivity index is 1.67. The van der Waals surface area contributed by atoms with Gasteiger partial charge in [-0.2, -0.15) is 4.31 Å². The summed E-state index contributed by atoms with van der Waals surface area (Å²) < 4.78 is 28.5. The van der Waals surface area contributed by atoms with Gasteiger partial charge in [-0.15, -0.1) is 0 Å². The van der Waals surface area contributed by atoms with Crippen molar-refractivity contribution in [2.45, 2.75) is 43.8 Å². The first-order valence-electron chi connectivity index (χ1n) is 8.95. The van der Waals surface area contributed by atoms with E-state index in [4.69, 9.17) is 11.6 Å². The van der Waals surface area contributed by atoms with Crippen molar-refractivity contribution in [1.82, 2.24) is 23.7 Å². The summed E-state index contributed by atoms with van der Waals surface area (Å²) in [7, 11) is -2.06. The molecule has 1 unspecified atom stereocenters. The Kier molecular flexibility index (Phi) is 5.62. The van der Waals surface area contributed by atoms with Crippen molar-refractivity contribution in [1.29, 1.82) is 0 Å². The van der Waals surface area contributed by atoms with Gasteiger partial charge in [0.2, 0.25) is 10.9 Å². The number of piperidine rings is 1. The summed E-state index contributed by atoms with van der Waals surface area (Å²) in [5.41, 5.74) is 0. The second kappa shape index (κ2) is 7.46. The van der Waals surface area contributed by atoms with Crippen LogP contribution in [0.2, 0.25) is 5.15 Å². The highest BCUT2D eigenvalue weighted by Crippen LogP contribution is 2.25. The zero-order valence-corrected chi connectivity index (χ0v) is 17.0. The molecular weight excluding hydrogens is 378 g/mol. The minimum atomic E-state index is -3.72. The zero-order valence-electron chi connectivity index (χ0n) is 15.4. The molecule has 3 rings (SSSR count). The molecule has 3 heterocycles. The fraction of sp³-hybridized carbons (Fsp3) is 0.750. The van der Waals surface area contributed by atoms with Crippen LogP contribution in [0.15, 0.2) is 11.4 Å². The number of nitrogens with zero attached hydrogens (tertiary/aromatic N) is 5. The fourth-order valence-electron chi connectivity index (χ4n) is 3.68. The number of hydrogen-bond acceptors (Lipinski definition) is 5. The van der Waals surface area contributed by atoms with Crippen LogP contribution in [0.1, 0.15) is 26.7 Å². The third-order valence-corrected chi connectivity index (χ3v) is 7.59. The number of hydrogen-bond donors (Lipinski definition) is 0. The van der Waals surface area contributed by atoms with Crippen molar-refractivity contribution in [3.8, 4) is 0 Å². The average molecular weight is 404 g/mol. The number of carbonyl (C=O) groups is 1. The van der Waals surface area contributed by atoms with Gasteiger partial charge in [-0.05, 0) is 26.7 Å². The number of piperazine rings is 1. The molecule has 26 heavy (non-hydrogen) atoms. The molecule has 0 saturated carbocycles. The standard InChI is InChI=1S/C16H26ClN5O3S/c1-12(2)22-6-4-5-13(16(22)23)20-7-9-21(10-8-20)26(24,25)15-14(17)19(3)11-18-15/h11-13H,4-10H2,1-3H3. The summed E-state index contributed by atoms with van der Waals surface area (Å²) in [4.78, 5) is 20.7. The van der Waals surface area contributed by atoms with E-state index >= 15 is 0 Å². The van der Waals surface area contributed by atoms with E-state index in [1.165, 1.54) is 15.2 Å². The summed E-state index contributed by atoms with van der Waals surface area (Å²) in [6, 6.07) is 0.0488. The normalized spacial score (nSPS) is 23.8. The molecule has 0 radical (unpaired) electrons. The lowest BCUT2D eigenvalue weighted by Crippen LogP contribution is -2.59.